The second-order valence-corrected chi connectivity index (χ2v) is 9.30. The van der Waals surface area contributed by atoms with E-state index in [1.807, 2.05) is 0 Å². The van der Waals surface area contributed by atoms with Crippen LogP contribution in [-0.2, 0) is 18.6 Å². The Bertz CT molecular complexity index is 1650. The maximum Gasteiger partial charge on any atom is 0.451 e. The molecule has 2 amide bonds. The van der Waals surface area contributed by atoms with Gasteiger partial charge in [-0.25, -0.2) is 28.1 Å². The van der Waals surface area contributed by atoms with E-state index in [2.05, 4.69) is 30.7 Å². The first-order valence-corrected chi connectivity index (χ1v) is 12.0. The second-order valence-electron chi connectivity index (χ2n) is 9.30. The van der Waals surface area contributed by atoms with Crippen molar-refractivity contribution in [1.29, 1.82) is 0 Å². The van der Waals surface area contributed by atoms with Crippen molar-refractivity contribution >= 4 is 11.8 Å². The van der Waals surface area contributed by atoms with E-state index in [-0.39, 0.29) is 34.9 Å². The summed E-state index contributed by atoms with van der Waals surface area (Å²) in [5.74, 6) is -7.07. The molecule has 1 aliphatic carbocycles. The molecule has 0 radical (unpaired) electrons. The third kappa shape index (κ3) is 5.73. The van der Waals surface area contributed by atoms with E-state index in [9.17, 15) is 35.9 Å². The largest absolute Gasteiger partial charge is 0.451 e. The molecule has 9 nitrogen and oxygen atoms in total. The summed E-state index contributed by atoms with van der Waals surface area (Å²) in [6.45, 7) is 1.64. The van der Waals surface area contributed by atoms with Gasteiger partial charge >= 0.3 is 6.18 Å². The summed E-state index contributed by atoms with van der Waals surface area (Å²) in [5, 5.41) is 10.3. The molecule has 0 unspecified atom stereocenters. The number of nitrogens with one attached hydrogen (secondary N) is 3. The first-order chi connectivity index (χ1) is 19.3. The Hall–Kier alpha value is -4.82. The summed E-state index contributed by atoms with van der Waals surface area (Å²) in [7, 11) is 0. The van der Waals surface area contributed by atoms with Crippen molar-refractivity contribution in [3.8, 4) is 11.4 Å². The quantitative estimate of drug-likeness (QED) is 0.288. The molecule has 15 heteroatoms. The number of halogens is 6. The van der Waals surface area contributed by atoms with Gasteiger partial charge in [-0.15, -0.1) is 0 Å². The molecule has 0 spiro atoms. The van der Waals surface area contributed by atoms with Crippen molar-refractivity contribution in [2.75, 3.05) is 0 Å². The van der Waals surface area contributed by atoms with Gasteiger partial charge in [0.25, 0.3) is 17.7 Å². The van der Waals surface area contributed by atoms with Crippen LogP contribution in [0.25, 0.3) is 11.4 Å². The smallest absolute Gasteiger partial charge is 0.347 e. The molecule has 0 bridgehead atoms. The molecule has 4 aromatic rings. The maximum atomic E-state index is 14.9. The molecule has 0 aliphatic heterocycles. The Morgan fingerprint density at radius 1 is 1.05 bits per heavy atom. The lowest BCUT2D eigenvalue weighted by Gasteiger charge is -2.14. The third-order valence-corrected chi connectivity index (χ3v) is 6.41. The fourth-order valence-corrected chi connectivity index (χ4v) is 4.37. The van der Waals surface area contributed by atoms with Crippen LogP contribution in [0.15, 0.2) is 48.8 Å². The van der Waals surface area contributed by atoms with Gasteiger partial charge in [-0.1, -0.05) is 24.3 Å². The van der Waals surface area contributed by atoms with Crippen LogP contribution in [0.1, 0.15) is 61.5 Å². The average molecular weight is 575 g/mol. The van der Waals surface area contributed by atoms with Gasteiger partial charge in [0.05, 0.1) is 6.04 Å². The average Bonchev–Trinajstić information content (AvgIpc) is 3.52. The Balaban J connectivity index is 1.29. The van der Waals surface area contributed by atoms with Gasteiger partial charge in [-0.2, -0.15) is 18.3 Å². The minimum atomic E-state index is -4.79. The van der Waals surface area contributed by atoms with Gasteiger partial charge in [0.1, 0.15) is 23.5 Å². The zero-order valence-corrected chi connectivity index (χ0v) is 21.0. The van der Waals surface area contributed by atoms with Crippen LogP contribution in [0, 0.1) is 12.7 Å². The molecular formula is C26H19F6N7O2. The monoisotopic (exact) mass is 575 g/mol. The molecule has 2 aromatic heterocycles. The van der Waals surface area contributed by atoms with Crippen molar-refractivity contribution in [1.82, 2.24) is 35.8 Å². The molecule has 212 valence electrons. The number of nitrogens with zero attached hydrogens (tertiary/aromatic N) is 4. The second kappa shape index (κ2) is 10.3. The van der Waals surface area contributed by atoms with E-state index >= 15 is 0 Å². The van der Waals surface area contributed by atoms with Crippen molar-refractivity contribution in [3.05, 3.63) is 94.1 Å². The van der Waals surface area contributed by atoms with E-state index < -0.39 is 53.6 Å². The summed E-state index contributed by atoms with van der Waals surface area (Å²) < 4.78 is 81.8. The minimum Gasteiger partial charge on any atom is -0.347 e. The van der Waals surface area contributed by atoms with E-state index in [0.717, 1.165) is 18.5 Å². The predicted octanol–water partition coefficient (Wildman–Crippen LogP) is 4.62. The van der Waals surface area contributed by atoms with Crippen LogP contribution >= 0.6 is 0 Å². The molecule has 0 fully saturated rings. The van der Waals surface area contributed by atoms with Gasteiger partial charge in [0, 0.05) is 30.2 Å². The van der Waals surface area contributed by atoms with Crippen molar-refractivity contribution < 1.29 is 35.9 Å². The van der Waals surface area contributed by atoms with Crippen LogP contribution in [0.5, 0.6) is 0 Å². The van der Waals surface area contributed by atoms with E-state index in [1.165, 1.54) is 24.3 Å². The molecule has 2 aromatic carbocycles. The molecule has 3 N–H and O–H groups in total. The first-order valence-electron chi connectivity index (χ1n) is 12.0. The highest BCUT2D eigenvalue weighted by molar-refractivity contribution is 5.97. The zero-order chi connectivity index (χ0) is 29.5. The highest BCUT2D eigenvalue weighted by atomic mass is 19.4. The predicted molar refractivity (Wildman–Crippen MR) is 130 cm³/mol. The van der Waals surface area contributed by atoms with Gasteiger partial charge in [0.2, 0.25) is 5.82 Å². The lowest BCUT2D eigenvalue weighted by Crippen LogP contribution is -2.30. The number of aromatic nitrogens is 5. The first kappa shape index (κ1) is 27.7. The molecule has 0 saturated carbocycles. The Labute approximate surface area is 227 Å². The zero-order valence-electron chi connectivity index (χ0n) is 21.0. The van der Waals surface area contributed by atoms with Gasteiger partial charge < -0.3 is 10.6 Å². The van der Waals surface area contributed by atoms with Crippen molar-refractivity contribution in [2.24, 2.45) is 0 Å². The number of aromatic amines is 1. The number of H-pyrrole nitrogens is 1. The number of rotatable bonds is 6. The van der Waals surface area contributed by atoms with Gasteiger partial charge in [-0.05, 0) is 35.7 Å². The highest BCUT2D eigenvalue weighted by Gasteiger charge is 2.46. The lowest BCUT2D eigenvalue weighted by molar-refractivity contribution is -0.144. The highest BCUT2D eigenvalue weighted by Crippen LogP contribution is 2.48. The standard InChI is InChI=1S/C26H19F6N7O2/c1-12-6-13(2-5-17(12)27)10-33-22(40)18-8-19(35-11-34-18)23(41)36-20-9-25(28,29)16-7-14(3-4-15(16)20)21-37-24(39-38-21)26(30,31)32/h2-8,11,20H,9-10H2,1H3,(H,33,40)(H,36,41)(H,37,38,39)/t20-/m0/s1. The molecule has 1 aliphatic rings. The Morgan fingerprint density at radius 3 is 2.46 bits per heavy atom. The van der Waals surface area contributed by atoms with Crippen molar-refractivity contribution in [3.63, 3.8) is 0 Å². The molecule has 41 heavy (non-hydrogen) atoms. The van der Waals surface area contributed by atoms with Crippen LogP contribution in [0.4, 0.5) is 26.3 Å². The van der Waals surface area contributed by atoms with E-state index in [4.69, 9.17) is 0 Å². The maximum absolute atomic E-state index is 14.9. The minimum absolute atomic E-state index is 0.0558. The fraction of sp³-hybridized carbons (Fsp3) is 0.231. The number of fused-ring (bicyclic) bond motifs is 1. The summed E-state index contributed by atoms with van der Waals surface area (Å²) in [6, 6.07) is 7.80. The van der Waals surface area contributed by atoms with Gasteiger partial charge in [0.15, 0.2) is 5.82 Å². The van der Waals surface area contributed by atoms with E-state index in [0.29, 0.717) is 11.1 Å². The summed E-state index contributed by atoms with van der Waals surface area (Å²) >= 11 is 0. The number of hydrogen-bond donors (Lipinski definition) is 3. The summed E-state index contributed by atoms with van der Waals surface area (Å²) in [4.78, 5) is 36.4. The molecule has 0 saturated heterocycles. The number of aryl methyl sites for hydroxylation is 1. The lowest BCUT2D eigenvalue weighted by atomic mass is 10.0. The summed E-state index contributed by atoms with van der Waals surface area (Å²) in [5.41, 5.74) is 0.132. The van der Waals surface area contributed by atoms with Crippen LogP contribution in [0.2, 0.25) is 0 Å². The normalized spacial score (nSPS) is 15.8. The number of benzene rings is 2. The Morgan fingerprint density at radius 2 is 1.78 bits per heavy atom. The fourth-order valence-electron chi connectivity index (χ4n) is 4.37. The molecule has 5 rings (SSSR count). The molecule has 1 atom stereocenters. The topological polar surface area (TPSA) is 126 Å². The molecule has 2 heterocycles. The number of amides is 2. The van der Waals surface area contributed by atoms with Crippen molar-refractivity contribution in [2.45, 2.75) is 38.0 Å². The van der Waals surface area contributed by atoms with E-state index in [1.54, 1.807) is 18.1 Å². The van der Waals surface area contributed by atoms with Gasteiger partial charge in [-0.3, -0.25) is 14.7 Å². The van der Waals surface area contributed by atoms with Crippen LogP contribution in [-0.4, -0.2) is 37.0 Å². The summed E-state index contributed by atoms with van der Waals surface area (Å²) in [6.07, 6.45) is -4.62. The number of carbonyl (C=O) groups is 2. The third-order valence-electron chi connectivity index (χ3n) is 6.41. The molecular weight excluding hydrogens is 556 g/mol. The van der Waals surface area contributed by atoms with Crippen LogP contribution < -0.4 is 10.6 Å². The Kier molecular flexibility index (Phi) is 6.97. The number of alkyl halides is 5. The SMILES string of the molecule is Cc1cc(CNC(=O)c2cc(C(=O)N[C@H]3CC(F)(F)c4cc(-c5n[nH]c(C(F)(F)F)n5)ccc43)ncn2)ccc1F. The number of hydrogen-bond acceptors (Lipinski definition) is 6. The number of carbonyl (C=O) groups excluding carboxylic acids is 2. The van der Waals surface area contributed by atoms with Crippen LogP contribution in [0.3, 0.4) is 0 Å².